The van der Waals surface area contributed by atoms with E-state index in [4.69, 9.17) is 17.3 Å². The zero-order valence-electron chi connectivity index (χ0n) is 10.1. The van der Waals surface area contributed by atoms with E-state index in [9.17, 15) is 0 Å². The van der Waals surface area contributed by atoms with Crippen LogP contribution in [0.3, 0.4) is 0 Å². The molecule has 0 aliphatic rings. The highest BCUT2D eigenvalue weighted by Gasteiger charge is 2.18. The summed E-state index contributed by atoms with van der Waals surface area (Å²) in [5.74, 6) is 0. The molecule has 0 spiro atoms. The predicted molar refractivity (Wildman–Crippen MR) is 82.7 cm³/mol. The van der Waals surface area contributed by atoms with Crippen LogP contribution in [0.25, 0.3) is 0 Å². The highest BCUT2D eigenvalue weighted by atomic mass is 127. The van der Waals surface area contributed by atoms with E-state index >= 15 is 0 Å². The second-order valence-electron chi connectivity index (χ2n) is 4.13. The van der Waals surface area contributed by atoms with Gasteiger partial charge in [0.1, 0.15) is 0 Å². The van der Waals surface area contributed by atoms with E-state index in [1.807, 2.05) is 22.9 Å². The Balaban J connectivity index is 2.39. The lowest BCUT2D eigenvalue weighted by Crippen LogP contribution is -2.18. The van der Waals surface area contributed by atoms with Crippen molar-refractivity contribution in [2.75, 3.05) is 0 Å². The third kappa shape index (κ3) is 2.87. The molecule has 0 fully saturated rings. The van der Waals surface area contributed by atoms with Crippen molar-refractivity contribution >= 4 is 34.2 Å². The zero-order valence-corrected chi connectivity index (χ0v) is 13.0. The Labute approximate surface area is 125 Å². The van der Waals surface area contributed by atoms with Gasteiger partial charge in [-0.15, -0.1) is 0 Å². The SMILES string of the molecule is CCCn1ncc(Cl)c1C(N)c1cccc(I)c1. The van der Waals surface area contributed by atoms with Gasteiger partial charge in [-0.2, -0.15) is 5.10 Å². The lowest BCUT2D eigenvalue weighted by Gasteiger charge is -2.15. The molecule has 96 valence electrons. The smallest absolute Gasteiger partial charge is 0.0837 e. The fourth-order valence-corrected chi connectivity index (χ4v) is 2.75. The molecule has 18 heavy (non-hydrogen) atoms. The summed E-state index contributed by atoms with van der Waals surface area (Å²) >= 11 is 8.48. The van der Waals surface area contributed by atoms with Crippen LogP contribution in [0.5, 0.6) is 0 Å². The van der Waals surface area contributed by atoms with Gasteiger partial charge in [-0.1, -0.05) is 30.7 Å². The average molecular weight is 376 g/mol. The minimum atomic E-state index is -0.235. The van der Waals surface area contributed by atoms with Gasteiger partial charge in [-0.3, -0.25) is 4.68 Å². The van der Waals surface area contributed by atoms with E-state index in [1.165, 1.54) is 3.57 Å². The summed E-state index contributed by atoms with van der Waals surface area (Å²) in [5, 5.41) is 4.91. The molecule has 1 heterocycles. The van der Waals surface area contributed by atoms with Crippen LogP contribution in [0.1, 0.15) is 30.6 Å². The molecule has 0 aliphatic heterocycles. The number of rotatable bonds is 4. The number of hydrogen-bond acceptors (Lipinski definition) is 2. The van der Waals surface area contributed by atoms with E-state index in [2.05, 4.69) is 40.7 Å². The Kier molecular flexibility index (Phi) is 4.64. The standard InChI is InChI=1S/C13H15ClIN3/c1-2-6-18-13(11(14)8-17-18)12(16)9-4-3-5-10(15)7-9/h3-5,7-8,12H,2,6,16H2,1H3. The highest BCUT2D eigenvalue weighted by molar-refractivity contribution is 14.1. The maximum absolute atomic E-state index is 6.31. The quantitative estimate of drug-likeness (QED) is 0.830. The molecule has 1 aromatic heterocycles. The lowest BCUT2D eigenvalue weighted by molar-refractivity contribution is 0.560. The minimum absolute atomic E-state index is 0.235. The van der Waals surface area contributed by atoms with Crippen molar-refractivity contribution in [2.45, 2.75) is 25.9 Å². The Morgan fingerprint density at radius 2 is 2.28 bits per heavy atom. The van der Waals surface area contributed by atoms with Crippen molar-refractivity contribution in [3.63, 3.8) is 0 Å². The Hall–Kier alpha value is -0.590. The largest absolute Gasteiger partial charge is 0.319 e. The molecule has 1 atom stereocenters. The van der Waals surface area contributed by atoms with Crippen molar-refractivity contribution in [1.29, 1.82) is 0 Å². The molecule has 0 saturated carbocycles. The molecule has 5 heteroatoms. The van der Waals surface area contributed by atoms with E-state index in [-0.39, 0.29) is 6.04 Å². The number of aromatic nitrogens is 2. The first-order valence-electron chi connectivity index (χ1n) is 5.85. The number of aryl methyl sites for hydroxylation is 1. The van der Waals surface area contributed by atoms with Crippen LogP contribution >= 0.6 is 34.2 Å². The minimum Gasteiger partial charge on any atom is -0.319 e. The first-order chi connectivity index (χ1) is 8.63. The first-order valence-corrected chi connectivity index (χ1v) is 7.31. The molecule has 0 radical (unpaired) electrons. The van der Waals surface area contributed by atoms with E-state index in [0.717, 1.165) is 24.2 Å². The number of nitrogens with two attached hydrogens (primary N) is 1. The lowest BCUT2D eigenvalue weighted by atomic mass is 10.0. The summed E-state index contributed by atoms with van der Waals surface area (Å²) in [6.45, 7) is 2.94. The molecule has 0 saturated heterocycles. The van der Waals surface area contributed by atoms with Gasteiger partial charge in [-0.05, 0) is 46.7 Å². The molecule has 2 rings (SSSR count). The van der Waals surface area contributed by atoms with Crippen molar-refractivity contribution in [1.82, 2.24) is 9.78 Å². The van der Waals surface area contributed by atoms with Crippen LogP contribution in [-0.2, 0) is 6.54 Å². The molecule has 0 aliphatic carbocycles. The highest BCUT2D eigenvalue weighted by Crippen LogP contribution is 2.27. The van der Waals surface area contributed by atoms with Crippen molar-refractivity contribution < 1.29 is 0 Å². The summed E-state index contributed by atoms with van der Waals surface area (Å²) in [5.41, 5.74) is 8.26. The van der Waals surface area contributed by atoms with Gasteiger partial charge in [-0.25, -0.2) is 0 Å². The molecule has 0 bridgehead atoms. The zero-order chi connectivity index (χ0) is 13.1. The molecule has 2 N–H and O–H groups in total. The number of halogens is 2. The first kappa shape index (κ1) is 13.8. The summed E-state index contributed by atoms with van der Waals surface area (Å²) in [6, 6.07) is 7.91. The monoisotopic (exact) mass is 375 g/mol. The Bertz CT molecular complexity index is 539. The topological polar surface area (TPSA) is 43.8 Å². The summed E-state index contributed by atoms with van der Waals surface area (Å²) < 4.78 is 3.06. The summed E-state index contributed by atoms with van der Waals surface area (Å²) in [4.78, 5) is 0. The molecule has 2 aromatic rings. The average Bonchev–Trinajstić information content (AvgIpc) is 2.70. The molecule has 1 aromatic carbocycles. The molecule has 0 amide bonds. The maximum Gasteiger partial charge on any atom is 0.0837 e. The summed E-state index contributed by atoms with van der Waals surface area (Å²) in [7, 11) is 0. The Morgan fingerprint density at radius 1 is 1.50 bits per heavy atom. The molecule has 1 unspecified atom stereocenters. The van der Waals surface area contributed by atoms with Crippen LogP contribution in [-0.4, -0.2) is 9.78 Å². The van der Waals surface area contributed by atoms with Crippen LogP contribution in [0.2, 0.25) is 5.02 Å². The number of hydrogen-bond donors (Lipinski definition) is 1. The van der Waals surface area contributed by atoms with Gasteiger partial charge in [0.25, 0.3) is 0 Å². The van der Waals surface area contributed by atoms with Crippen LogP contribution in [0, 0.1) is 3.57 Å². The fraction of sp³-hybridized carbons (Fsp3) is 0.308. The van der Waals surface area contributed by atoms with Gasteiger partial charge in [0.15, 0.2) is 0 Å². The van der Waals surface area contributed by atoms with Gasteiger partial charge < -0.3 is 5.73 Å². The van der Waals surface area contributed by atoms with Crippen LogP contribution in [0.15, 0.2) is 30.5 Å². The molecule has 3 nitrogen and oxygen atoms in total. The summed E-state index contributed by atoms with van der Waals surface area (Å²) in [6.07, 6.45) is 2.67. The molecular weight excluding hydrogens is 361 g/mol. The maximum atomic E-state index is 6.31. The fourth-order valence-electron chi connectivity index (χ4n) is 1.93. The van der Waals surface area contributed by atoms with Gasteiger partial charge in [0.05, 0.1) is 23.0 Å². The van der Waals surface area contributed by atoms with Crippen LogP contribution < -0.4 is 5.73 Å². The van der Waals surface area contributed by atoms with Crippen molar-refractivity contribution in [3.8, 4) is 0 Å². The van der Waals surface area contributed by atoms with E-state index < -0.39 is 0 Å². The van der Waals surface area contributed by atoms with Crippen molar-refractivity contribution in [3.05, 3.63) is 50.3 Å². The molecular formula is C13H15ClIN3. The second kappa shape index (κ2) is 6.04. The van der Waals surface area contributed by atoms with Crippen molar-refractivity contribution in [2.24, 2.45) is 5.73 Å². The third-order valence-corrected chi connectivity index (χ3v) is 3.73. The van der Waals surface area contributed by atoms with Gasteiger partial charge in [0, 0.05) is 10.1 Å². The van der Waals surface area contributed by atoms with E-state index in [1.54, 1.807) is 6.20 Å². The second-order valence-corrected chi connectivity index (χ2v) is 5.79. The normalized spacial score (nSPS) is 12.7. The van der Waals surface area contributed by atoms with E-state index in [0.29, 0.717) is 5.02 Å². The van der Waals surface area contributed by atoms with Gasteiger partial charge in [0.2, 0.25) is 0 Å². The number of nitrogens with zero attached hydrogens (tertiary/aromatic N) is 2. The predicted octanol–water partition coefficient (Wildman–Crippen LogP) is 3.60. The number of benzene rings is 1. The third-order valence-electron chi connectivity index (χ3n) is 2.77. The Morgan fingerprint density at radius 3 is 2.94 bits per heavy atom. The van der Waals surface area contributed by atoms with Crippen LogP contribution in [0.4, 0.5) is 0 Å². The van der Waals surface area contributed by atoms with Gasteiger partial charge >= 0.3 is 0 Å².